The fourth-order valence-corrected chi connectivity index (χ4v) is 3.23. The van der Waals surface area contributed by atoms with Crippen LogP contribution in [0.4, 0.5) is 4.79 Å². The highest BCUT2D eigenvalue weighted by Gasteiger charge is 2.24. The number of carboxylic acids is 1. The lowest BCUT2D eigenvalue weighted by Gasteiger charge is -2.27. The Kier molecular flexibility index (Phi) is 6.12. The summed E-state index contributed by atoms with van der Waals surface area (Å²) < 4.78 is 0. The minimum Gasteiger partial charge on any atom is -0.480 e. The minimum atomic E-state index is -0.992. The summed E-state index contributed by atoms with van der Waals surface area (Å²) in [5.74, 6) is -0.294. The average molecular weight is 322 g/mol. The smallest absolute Gasteiger partial charge is 0.326 e. The number of carboxylic acid groups (broad SMARTS) is 1. The highest BCUT2D eigenvalue weighted by atomic mass is 32.2. The van der Waals surface area contributed by atoms with Gasteiger partial charge in [-0.3, -0.25) is 0 Å². The Morgan fingerprint density at radius 2 is 2.18 bits per heavy atom. The molecule has 2 rings (SSSR count). The third-order valence-electron chi connectivity index (χ3n) is 3.89. The normalized spacial score (nSPS) is 18.1. The second-order valence-electron chi connectivity index (χ2n) is 5.43. The van der Waals surface area contributed by atoms with Crippen LogP contribution in [0.2, 0.25) is 0 Å². The van der Waals surface area contributed by atoms with Gasteiger partial charge >= 0.3 is 12.0 Å². The number of amides is 2. The molecule has 5 nitrogen and oxygen atoms in total. The number of urea groups is 1. The van der Waals surface area contributed by atoms with Gasteiger partial charge in [0.05, 0.1) is 6.04 Å². The number of nitrogens with one attached hydrogen (secondary N) is 2. The summed E-state index contributed by atoms with van der Waals surface area (Å²) in [4.78, 5) is 23.3. The third kappa shape index (κ3) is 4.40. The summed E-state index contributed by atoms with van der Waals surface area (Å²) in [6.45, 7) is 0. The van der Waals surface area contributed by atoms with Crippen LogP contribution in [0.3, 0.4) is 0 Å². The first-order chi connectivity index (χ1) is 10.6. The molecule has 1 aliphatic rings. The Hall–Kier alpha value is -1.69. The van der Waals surface area contributed by atoms with Crippen LogP contribution in [0.15, 0.2) is 24.3 Å². The van der Waals surface area contributed by atoms with Gasteiger partial charge in [0.2, 0.25) is 0 Å². The van der Waals surface area contributed by atoms with Crippen molar-refractivity contribution in [2.75, 3.05) is 12.0 Å². The summed E-state index contributed by atoms with van der Waals surface area (Å²) in [6.07, 6.45) is 5.27. The van der Waals surface area contributed by atoms with Gasteiger partial charge in [-0.2, -0.15) is 11.8 Å². The van der Waals surface area contributed by atoms with E-state index < -0.39 is 18.0 Å². The third-order valence-corrected chi connectivity index (χ3v) is 4.53. The lowest BCUT2D eigenvalue weighted by molar-refractivity contribution is -0.139. The van der Waals surface area contributed by atoms with E-state index in [0.29, 0.717) is 12.2 Å². The van der Waals surface area contributed by atoms with Crippen LogP contribution >= 0.6 is 11.8 Å². The topological polar surface area (TPSA) is 78.4 Å². The van der Waals surface area contributed by atoms with E-state index in [4.69, 9.17) is 5.11 Å². The van der Waals surface area contributed by atoms with Crippen LogP contribution in [0, 0.1) is 0 Å². The zero-order valence-corrected chi connectivity index (χ0v) is 13.5. The number of hydrogen-bond donors (Lipinski definition) is 3. The van der Waals surface area contributed by atoms with E-state index in [1.165, 1.54) is 5.56 Å². The molecule has 1 aromatic rings. The maximum Gasteiger partial charge on any atom is 0.326 e. The molecular formula is C16H22N2O3S. The van der Waals surface area contributed by atoms with Crippen LogP contribution in [0.25, 0.3) is 0 Å². The quantitative estimate of drug-likeness (QED) is 0.752. The van der Waals surface area contributed by atoms with Gasteiger partial charge in [-0.25, -0.2) is 9.59 Å². The molecule has 1 aliphatic carbocycles. The predicted molar refractivity (Wildman–Crippen MR) is 88.2 cm³/mol. The van der Waals surface area contributed by atoms with Crippen molar-refractivity contribution in [3.05, 3.63) is 35.4 Å². The van der Waals surface area contributed by atoms with Crippen LogP contribution in [-0.2, 0) is 11.2 Å². The number of carbonyl (C=O) groups is 2. The first kappa shape index (κ1) is 16.7. The lowest BCUT2D eigenvalue weighted by Crippen LogP contribution is -2.47. The fourth-order valence-electron chi connectivity index (χ4n) is 2.76. The Morgan fingerprint density at radius 1 is 1.41 bits per heavy atom. The molecule has 0 radical (unpaired) electrons. The molecule has 0 fully saturated rings. The number of benzene rings is 1. The second kappa shape index (κ2) is 8.08. The highest BCUT2D eigenvalue weighted by Crippen LogP contribution is 2.29. The SMILES string of the molecule is CSCC[C@H](NC(=O)N[C@@H]1CCCc2ccccc21)C(=O)O. The van der Waals surface area contributed by atoms with Crippen molar-refractivity contribution in [3.63, 3.8) is 0 Å². The Morgan fingerprint density at radius 3 is 2.91 bits per heavy atom. The maximum absolute atomic E-state index is 12.1. The summed E-state index contributed by atoms with van der Waals surface area (Å²) >= 11 is 1.57. The Bertz CT molecular complexity index is 536. The van der Waals surface area contributed by atoms with Crippen LogP contribution in [-0.4, -0.2) is 35.2 Å². The molecule has 0 saturated heterocycles. The van der Waals surface area contributed by atoms with Crippen molar-refractivity contribution in [3.8, 4) is 0 Å². The molecule has 3 N–H and O–H groups in total. The number of rotatable bonds is 6. The number of aliphatic carboxylic acids is 1. The first-order valence-electron chi connectivity index (χ1n) is 7.48. The van der Waals surface area contributed by atoms with Crippen molar-refractivity contribution >= 4 is 23.8 Å². The van der Waals surface area contributed by atoms with Crippen molar-refractivity contribution in [2.45, 2.75) is 37.8 Å². The van der Waals surface area contributed by atoms with Crippen molar-refractivity contribution < 1.29 is 14.7 Å². The van der Waals surface area contributed by atoms with E-state index >= 15 is 0 Å². The maximum atomic E-state index is 12.1. The van der Waals surface area contributed by atoms with Gasteiger partial charge < -0.3 is 15.7 Å². The number of hydrogen-bond acceptors (Lipinski definition) is 3. The zero-order valence-electron chi connectivity index (χ0n) is 12.7. The Labute approximate surface area is 134 Å². The molecule has 0 unspecified atom stereocenters. The number of thioether (sulfide) groups is 1. The number of aryl methyl sites for hydroxylation is 1. The molecule has 120 valence electrons. The minimum absolute atomic E-state index is 0.0417. The molecular weight excluding hydrogens is 300 g/mol. The van der Waals surface area contributed by atoms with Gasteiger partial charge in [0.15, 0.2) is 0 Å². The van der Waals surface area contributed by atoms with Gasteiger partial charge in [-0.05, 0) is 48.8 Å². The van der Waals surface area contributed by atoms with Crippen LogP contribution in [0.5, 0.6) is 0 Å². The summed E-state index contributed by atoms with van der Waals surface area (Å²) in [5, 5.41) is 14.6. The monoisotopic (exact) mass is 322 g/mol. The number of carbonyl (C=O) groups excluding carboxylic acids is 1. The molecule has 2 atom stereocenters. The van der Waals surface area contributed by atoms with E-state index in [9.17, 15) is 9.59 Å². The highest BCUT2D eigenvalue weighted by molar-refractivity contribution is 7.98. The molecule has 0 heterocycles. The van der Waals surface area contributed by atoms with Gasteiger partial charge in [0.1, 0.15) is 6.04 Å². The second-order valence-corrected chi connectivity index (χ2v) is 6.42. The van der Waals surface area contributed by atoms with Gasteiger partial charge in [-0.15, -0.1) is 0 Å². The average Bonchev–Trinajstić information content (AvgIpc) is 2.51. The summed E-state index contributed by atoms with van der Waals surface area (Å²) in [7, 11) is 0. The molecule has 0 aromatic heterocycles. The number of fused-ring (bicyclic) bond motifs is 1. The largest absolute Gasteiger partial charge is 0.480 e. The van der Waals surface area contributed by atoms with E-state index in [1.54, 1.807) is 11.8 Å². The lowest BCUT2D eigenvalue weighted by atomic mass is 9.88. The Balaban J connectivity index is 1.96. The van der Waals surface area contributed by atoms with Gasteiger partial charge in [-0.1, -0.05) is 24.3 Å². The predicted octanol–water partition coefficient (Wildman–Crippen LogP) is 2.57. The van der Waals surface area contributed by atoms with E-state index in [0.717, 1.165) is 24.8 Å². The zero-order chi connectivity index (χ0) is 15.9. The molecule has 0 spiro atoms. The van der Waals surface area contributed by atoms with Gasteiger partial charge in [0, 0.05) is 0 Å². The molecule has 6 heteroatoms. The molecule has 0 bridgehead atoms. The first-order valence-corrected chi connectivity index (χ1v) is 8.87. The van der Waals surface area contributed by atoms with Crippen molar-refractivity contribution in [2.24, 2.45) is 0 Å². The van der Waals surface area contributed by atoms with E-state index in [1.807, 2.05) is 24.5 Å². The summed E-state index contributed by atoms with van der Waals surface area (Å²) in [6, 6.07) is 6.79. The van der Waals surface area contributed by atoms with Crippen molar-refractivity contribution in [1.29, 1.82) is 0 Å². The summed E-state index contributed by atoms with van der Waals surface area (Å²) in [5.41, 5.74) is 2.40. The van der Waals surface area contributed by atoms with E-state index in [2.05, 4.69) is 16.7 Å². The van der Waals surface area contributed by atoms with E-state index in [-0.39, 0.29) is 6.04 Å². The van der Waals surface area contributed by atoms with Crippen LogP contribution in [0.1, 0.15) is 36.4 Å². The van der Waals surface area contributed by atoms with Crippen molar-refractivity contribution in [1.82, 2.24) is 10.6 Å². The molecule has 0 aliphatic heterocycles. The molecule has 0 saturated carbocycles. The van der Waals surface area contributed by atoms with Gasteiger partial charge in [0.25, 0.3) is 0 Å². The van der Waals surface area contributed by atoms with Crippen LogP contribution < -0.4 is 10.6 Å². The molecule has 1 aromatic carbocycles. The molecule has 22 heavy (non-hydrogen) atoms. The molecule has 2 amide bonds. The fraction of sp³-hybridized carbons (Fsp3) is 0.500. The standard InChI is InChI=1S/C16H22N2O3S/c1-22-10-9-14(15(19)20)18-16(21)17-13-8-4-6-11-5-2-3-7-12(11)13/h2-3,5,7,13-14H,4,6,8-10H2,1H3,(H,19,20)(H2,17,18,21)/t13-,14+/m1/s1.